The van der Waals surface area contributed by atoms with Gasteiger partial charge < -0.3 is 10.1 Å². The molecule has 1 aromatic carbocycles. The van der Waals surface area contributed by atoms with E-state index in [1.54, 1.807) is 6.92 Å². The van der Waals surface area contributed by atoms with E-state index in [2.05, 4.69) is 19.2 Å². The Kier molecular flexibility index (Phi) is 5.59. The van der Waals surface area contributed by atoms with Crippen LogP contribution in [0, 0.1) is 5.92 Å². The highest BCUT2D eigenvalue weighted by atomic mass is 16.5. The normalized spacial score (nSPS) is 20.4. The van der Waals surface area contributed by atoms with E-state index in [9.17, 15) is 14.4 Å². The van der Waals surface area contributed by atoms with Crippen LogP contribution in [0.25, 0.3) is 0 Å². The van der Waals surface area contributed by atoms with Crippen molar-refractivity contribution in [2.75, 3.05) is 6.54 Å². The first-order chi connectivity index (χ1) is 11.3. The first kappa shape index (κ1) is 18.0. The van der Waals surface area contributed by atoms with Gasteiger partial charge in [0.15, 0.2) is 0 Å². The lowest BCUT2D eigenvalue weighted by atomic mass is 9.92. The molecule has 0 bridgehead atoms. The van der Waals surface area contributed by atoms with Crippen molar-refractivity contribution in [1.29, 1.82) is 0 Å². The minimum Gasteiger partial charge on any atom is -0.459 e. The van der Waals surface area contributed by atoms with Crippen LogP contribution in [0.5, 0.6) is 0 Å². The molecule has 24 heavy (non-hydrogen) atoms. The number of ether oxygens (including phenoxy) is 1. The van der Waals surface area contributed by atoms with Crippen LogP contribution in [0.2, 0.25) is 0 Å². The second kappa shape index (κ2) is 7.47. The van der Waals surface area contributed by atoms with E-state index in [-0.39, 0.29) is 19.1 Å². The predicted octanol–water partition coefficient (Wildman–Crippen LogP) is 2.48. The van der Waals surface area contributed by atoms with Gasteiger partial charge in [0.2, 0.25) is 0 Å². The fraction of sp³-hybridized carbons (Fsp3) is 0.500. The van der Waals surface area contributed by atoms with Crippen molar-refractivity contribution < 1.29 is 19.1 Å². The summed E-state index contributed by atoms with van der Waals surface area (Å²) in [5.41, 5.74) is -0.0917. The first-order valence-electron chi connectivity index (χ1n) is 8.15. The minimum absolute atomic E-state index is 0.119. The lowest BCUT2D eigenvalue weighted by molar-refractivity contribution is -0.148. The fourth-order valence-corrected chi connectivity index (χ4v) is 2.55. The van der Waals surface area contributed by atoms with Crippen LogP contribution in [0.3, 0.4) is 0 Å². The number of hydrogen-bond acceptors (Lipinski definition) is 4. The van der Waals surface area contributed by atoms with Crippen LogP contribution in [-0.2, 0) is 20.9 Å². The van der Waals surface area contributed by atoms with Crippen molar-refractivity contribution in [1.82, 2.24) is 10.2 Å². The van der Waals surface area contributed by atoms with Crippen LogP contribution >= 0.6 is 0 Å². The molecule has 0 aliphatic carbocycles. The smallest absolute Gasteiger partial charge is 0.326 e. The average Bonchev–Trinajstić information content (AvgIpc) is 2.76. The molecule has 0 saturated carbocycles. The zero-order valence-electron chi connectivity index (χ0n) is 14.4. The van der Waals surface area contributed by atoms with Gasteiger partial charge in [-0.25, -0.2) is 4.79 Å². The standard InChI is InChI=1S/C18H24N2O4/c1-13(2)9-10-18(3)16(22)20(17(23)19-18)11-15(21)24-12-14-7-5-4-6-8-14/h4-8,13H,9-12H2,1-3H3,(H,19,23)/t18-/m0/s1. The van der Waals surface area contributed by atoms with Gasteiger partial charge in [0.1, 0.15) is 18.7 Å². The monoisotopic (exact) mass is 332 g/mol. The van der Waals surface area contributed by atoms with Crippen molar-refractivity contribution in [2.24, 2.45) is 5.92 Å². The quantitative estimate of drug-likeness (QED) is 0.615. The predicted molar refractivity (Wildman–Crippen MR) is 89.0 cm³/mol. The van der Waals surface area contributed by atoms with E-state index < -0.39 is 17.5 Å². The maximum Gasteiger partial charge on any atom is 0.326 e. The number of hydrogen-bond donors (Lipinski definition) is 1. The molecule has 1 aromatic rings. The Balaban J connectivity index is 1.90. The molecule has 0 radical (unpaired) electrons. The van der Waals surface area contributed by atoms with E-state index in [4.69, 9.17) is 4.74 Å². The number of rotatable bonds is 7. The summed E-state index contributed by atoms with van der Waals surface area (Å²) in [5.74, 6) is -0.545. The van der Waals surface area contributed by atoms with Crippen molar-refractivity contribution in [2.45, 2.75) is 45.8 Å². The third-order valence-corrected chi connectivity index (χ3v) is 4.10. The zero-order valence-corrected chi connectivity index (χ0v) is 14.4. The van der Waals surface area contributed by atoms with Crippen molar-refractivity contribution >= 4 is 17.9 Å². The summed E-state index contributed by atoms with van der Waals surface area (Å²) in [7, 11) is 0. The topological polar surface area (TPSA) is 75.7 Å². The number of esters is 1. The lowest BCUT2D eigenvalue weighted by Gasteiger charge is -2.22. The Morgan fingerprint density at radius 1 is 1.25 bits per heavy atom. The maximum absolute atomic E-state index is 12.5. The Hall–Kier alpha value is -2.37. The Morgan fingerprint density at radius 3 is 2.54 bits per heavy atom. The lowest BCUT2D eigenvalue weighted by Crippen LogP contribution is -2.44. The Labute approximate surface area is 142 Å². The van der Waals surface area contributed by atoms with E-state index in [1.807, 2.05) is 30.3 Å². The molecule has 0 spiro atoms. The first-order valence-corrected chi connectivity index (χ1v) is 8.15. The van der Waals surface area contributed by atoms with Gasteiger partial charge in [-0.1, -0.05) is 44.2 Å². The summed E-state index contributed by atoms with van der Waals surface area (Å²) in [6.07, 6.45) is 1.36. The SMILES string of the molecule is CC(C)CC[C@]1(C)NC(=O)N(CC(=O)OCc2ccccc2)C1=O. The molecule has 0 aromatic heterocycles. The second-order valence-electron chi connectivity index (χ2n) is 6.73. The van der Waals surface area contributed by atoms with Gasteiger partial charge in [0.05, 0.1) is 0 Å². The van der Waals surface area contributed by atoms with Crippen LogP contribution in [0.15, 0.2) is 30.3 Å². The van der Waals surface area contributed by atoms with Crippen LogP contribution in [0.1, 0.15) is 39.2 Å². The summed E-state index contributed by atoms with van der Waals surface area (Å²) in [4.78, 5) is 37.4. The highest BCUT2D eigenvalue weighted by Gasteiger charge is 2.48. The number of nitrogens with one attached hydrogen (secondary N) is 1. The molecule has 1 aliphatic heterocycles. The van der Waals surface area contributed by atoms with Crippen molar-refractivity contribution in [3.8, 4) is 0 Å². The van der Waals surface area contributed by atoms with E-state index in [0.717, 1.165) is 16.9 Å². The molecule has 3 amide bonds. The summed E-state index contributed by atoms with van der Waals surface area (Å²) in [6, 6.07) is 8.70. The summed E-state index contributed by atoms with van der Waals surface area (Å²) in [5, 5.41) is 2.69. The van der Waals surface area contributed by atoms with Gasteiger partial charge in [-0.05, 0) is 31.2 Å². The largest absolute Gasteiger partial charge is 0.459 e. The number of urea groups is 1. The van der Waals surface area contributed by atoms with Gasteiger partial charge in [-0.2, -0.15) is 0 Å². The molecule has 130 valence electrons. The molecule has 1 N–H and O–H groups in total. The molecule has 2 rings (SSSR count). The highest BCUT2D eigenvalue weighted by molar-refractivity contribution is 6.08. The molecule has 1 heterocycles. The molecule has 6 nitrogen and oxygen atoms in total. The molecular weight excluding hydrogens is 308 g/mol. The molecule has 6 heteroatoms. The van der Waals surface area contributed by atoms with E-state index in [1.165, 1.54) is 0 Å². The van der Waals surface area contributed by atoms with E-state index in [0.29, 0.717) is 12.3 Å². The number of carbonyl (C=O) groups is 3. The Bertz CT molecular complexity index is 615. The minimum atomic E-state index is -0.943. The molecule has 1 aliphatic rings. The van der Waals surface area contributed by atoms with Crippen molar-refractivity contribution in [3.63, 3.8) is 0 Å². The molecule has 1 atom stereocenters. The van der Waals surface area contributed by atoms with Gasteiger partial charge >= 0.3 is 12.0 Å². The van der Waals surface area contributed by atoms with Crippen LogP contribution in [-0.4, -0.2) is 34.9 Å². The third kappa shape index (κ3) is 4.34. The number of carbonyl (C=O) groups excluding carboxylic acids is 3. The average molecular weight is 332 g/mol. The summed E-state index contributed by atoms with van der Waals surface area (Å²) >= 11 is 0. The molecule has 0 unspecified atom stereocenters. The maximum atomic E-state index is 12.5. The molecule has 1 fully saturated rings. The molecule has 1 saturated heterocycles. The highest BCUT2D eigenvalue weighted by Crippen LogP contribution is 2.24. The van der Waals surface area contributed by atoms with Crippen LogP contribution in [0.4, 0.5) is 4.79 Å². The Morgan fingerprint density at radius 2 is 1.92 bits per heavy atom. The van der Waals surface area contributed by atoms with E-state index >= 15 is 0 Å². The number of benzene rings is 1. The summed E-state index contributed by atoms with van der Waals surface area (Å²) in [6.45, 7) is 5.57. The number of imide groups is 1. The van der Waals surface area contributed by atoms with Gasteiger partial charge in [0.25, 0.3) is 5.91 Å². The fourth-order valence-electron chi connectivity index (χ4n) is 2.55. The van der Waals surface area contributed by atoms with Gasteiger partial charge in [0, 0.05) is 0 Å². The van der Waals surface area contributed by atoms with Gasteiger partial charge in [-0.3, -0.25) is 14.5 Å². The molecular formula is C18H24N2O4. The van der Waals surface area contributed by atoms with Crippen LogP contribution < -0.4 is 5.32 Å². The summed E-state index contributed by atoms with van der Waals surface area (Å²) < 4.78 is 5.14. The van der Waals surface area contributed by atoms with Gasteiger partial charge in [-0.15, -0.1) is 0 Å². The van der Waals surface area contributed by atoms with Crippen molar-refractivity contribution in [3.05, 3.63) is 35.9 Å². The number of nitrogens with zero attached hydrogens (tertiary/aromatic N) is 1. The zero-order chi connectivity index (χ0) is 17.7. The number of amides is 3. The second-order valence-corrected chi connectivity index (χ2v) is 6.73. The third-order valence-electron chi connectivity index (χ3n) is 4.10.